The number of ether oxygens (including phenoxy) is 5. The molecule has 0 bridgehead atoms. The van der Waals surface area contributed by atoms with Gasteiger partial charge in [-0.3, -0.25) is 0 Å². The zero-order chi connectivity index (χ0) is 27.6. The lowest BCUT2D eigenvalue weighted by atomic mass is 9.81. The number of hydrogen-bond acceptors (Lipinski definition) is 12. The van der Waals surface area contributed by atoms with Crippen LogP contribution in [0.4, 0.5) is 0 Å². The molecule has 2 aliphatic rings. The van der Waals surface area contributed by atoms with Crippen LogP contribution in [-0.2, 0) is 27.1 Å². The lowest BCUT2D eigenvalue weighted by Crippen LogP contribution is -2.60. The summed E-state index contributed by atoms with van der Waals surface area (Å²) >= 11 is 0. The molecule has 0 saturated carbocycles. The highest BCUT2D eigenvalue weighted by atomic mass is 16.7. The number of carbonyl (C=O) groups is 1. The molecule has 12 nitrogen and oxygen atoms in total. The lowest BCUT2D eigenvalue weighted by molar-refractivity contribution is -0.277. The average Bonchev–Trinajstić information content (AvgIpc) is 3.18. The van der Waals surface area contributed by atoms with E-state index in [9.17, 15) is 35.4 Å². The molecule has 0 amide bonds. The van der Waals surface area contributed by atoms with Gasteiger partial charge in [-0.1, -0.05) is 12.1 Å². The number of aromatic hydroxyl groups is 1. The van der Waals surface area contributed by atoms with E-state index < -0.39 is 54.8 Å². The van der Waals surface area contributed by atoms with E-state index in [1.807, 2.05) is 0 Å². The molecule has 2 aliphatic heterocycles. The van der Waals surface area contributed by atoms with Crippen LogP contribution in [0.1, 0.15) is 11.1 Å². The molecular formula is C26H32O12. The number of benzene rings is 2. The molecule has 0 aromatic heterocycles. The lowest BCUT2D eigenvalue weighted by Gasteiger charge is -2.39. The fourth-order valence-electron chi connectivity index (χ4n) is 4.70. The van der Waals surface area contributed by atoms with E-state index in [4.69, 9.17) is 23.7 Å². The number of carbonyl (C=O) groups excluding carboxylic acids is 1. The predicted octanol–water partition coefficient (Wildman–Crippen LogP) is -0.723. The third-order valence-corrected chi connectivity index (χ3v) is 6.96. The van der Waals surface area contributed by atoms with E-state index in [1.165, 1.54) is 26.4 Å². The molecule has 0 unspecified atom stereocenters. The summed E-state index contributed by atoms with van der Waals surface area (Å²) in [5, 5.41) is 60.9. The molecule has 0 aliphatic carbocycles. The largest absolute Gasteiger partial charge is 0.504 e. The molecule has 2 aromatic rings. The highest BCUT2D eigenvalue weighted by molar-refractivity contribution is 5.82. The van der Waals surface area contributed by atoms with Gasteiger partial charge in [0.05, 0.1) is 27.4 Å². The third-order valence-electron chi connectivity index (χ3n) is 6.96. The minimum absolute atomic E-state index is 0.00790. The predicted molar refractivity (Wildman–Crippen MR) is 129 cm³/mol. The molecule has 6 N–H and O–H groups in total. The summed E-state index contributed by atoms with van der Waals surface area (Å²) in [6, 6.07) is 9.40. The van der Waals surface area contributed by atoms with E-state index in [1.54, 1.807) is 24.3 Å². The summed E-state index contributed by atoms with van der Waals surface area (Å²) in [5.74, 6) is -0.780. The number of esters is 1. The zero-order valence-corrected chi connectivity index (χ0v) is 20.9. The molecule has 208 valence electrons. The minimum Gasteiger partial charge on any atom is -0.504 e. The van der Waals surface area contributed by atoms with E-state index >= 15 is 0 Å². The molecule has 0 spiro atoms. The Morgan fingerprint density at radius 2 is 1.63 bits per heavy atom. The first-order valence-electron chi connectivity index (χ1n) is 12.0. The quantitative estimate of drug-likeness (QED) is 0.221. The van der Waals surface area contributed by atoms with Gasteiger partial charge in [-0.05, 0) is 41.8 Å². The molecule has 4 rings (SSSR count). The maximum absolute atomic E-state index is 12.6. The Balaban J connectivity index is 1.52. The number of phenolic OH excluding ortho intramolecular Hbond substituents is 1. The van der Waals surface area contributed by atoms with Crippen LogP contribution in [0.15, 0.2) is 36.4 Å². The van der Waals surface area contributed by atoms with Crippen molar-refractivity contribution in [2.45, 2.75) is 49.1 Å². The first kappa shape index (κ1) is 27.9. The summed E-state index contributed by atoms with van der Waals surface area (Å²) in [6.45, 7) is -0.596. The summed E-state index contributed by atoms with van der Waals surface area (Å²) in [4.78, 5) is 12.6. The fraction of sp³-hybridized carbons (Fsp3) is 0.500. The molecule has 38 heavy (non-hydrogen) atoms. The van der Waals surface area contributed by atoms with Crippen molar-refractivity contribution in [1.29, 1.82) is 0 Å². The van der Waals surface area contributed by atoms with Crippen LogP contribution in [0, 0.1) is 5.92 Å². The van der Waals surface area contributed by atoms with Crippen LogP contribution in [-0.4, -0.2) is 100 Å². The standard InChI is InChI=1S/C26H32O12/c1-34-18-8-13(3-5-16(18)28)7-15-12-36-25(32)26(15,33)10-14-4-6-17(19(9-14)35-2)37-24-23(31)22(30)21(29)20(11-27)38-24/h3-6,8-9,15,20-24,27-31,33H,7,10-12H2,1-2H3/t15-,20+,21+,22-,23+,24+,26-/m1/s1. The van der Waals surface area contributed by atoms with Gasteiger partial charge >= 0.3 is 5.97 Å². The van der Waals surface area contributed by atoms with E-state index in [2.05, 4.69) is 0 Å². The molecule has 12 heteroatoms. The van der Waals surface area contributed by atoms with Crippen molar-refractivity contribution >= 4 is 5.97 Å². The maximum Gasteiger partial charge on any atom is 0.338 e. The van der Waals surface area contributed by atoms with Crippen molar-refractivity contribution in [3.8, 4) is 23.0 Å². The van der Waals surface area contributed by atoms with Crippen molar-refractivity contribution < 1.29 is 59.1 Å². The Labute approximate surface area is 218 Å². The van der Waals surface area contributed by atoms with Gasteiger partial charge in [0.2, 0.25) is 6.29 Å². The second-order valence-corrected chi connectivity index (χ2v) is 9.41. The second-order valence-electron chi connectivity index (χ2n) is 9.41. The maximum atomic E-state index is 12.6. The highest BCUT2D eigenvalue weighted by Gasteiger charge is 2.51. The van der Waals surface area contributed by atoms with Crippen molar-refractivity contribution in [1.82, 2.24) is 0 Å². The number of rotatable bonds is 9. The molecule has 7 atom stereocenters. The molecule has 2 saturated heterocycles. The Bertz CT molecular complexity index is 1140. The SMILES string of the molecule is COc1cc(C[C@@H]2COC(=O)[C@@]2(O)Cc2ccc(O[C@H]3O[C@@H](CO)[C@H](O)[C@@H](O)[C@@H]3O)c(OC)c2)ccc1O. The van der Waals surface area contributed by atoms with Crippen LogP contribution in [0.2, 0.25) is 0 Å². The normalized spacial score (nSPS) is 31.1. The zero-order valence-electron chi connectivity index (χ0n) is 20.9. The minimum atomic E-state index is -1.84. The number of hydrogen-bond donors (Lipinski definition) is 6. The average molecular weight is 537 g/mol. The third kappa shape index (κ3) is 5.37. The summed E-state index contributed by atoms with van der Waals surface area (Å²) < 4.78 is 26.8. The van der Waals surface area contributed by atoms with E-state index in [0.717, 1.165) is 5.56 Å². The first-order chi connectivity index (χ1) is 18.1. The molecule has 2 fully saturated rings. The summed E-state index contributed by atoms with van der Waals surface area (Å²) in [7, 11) is 2.80. The van der Waals surface area contributed by atoms with Gasteiger partial charge in [-0.25, -0.2) is 4.79 Å². The van der Waals surface area contributed by atoms with Gasteiger partial charge in [0.1, 0.15) is 24.4 Å². The number of aliphatic hydroxyl groups is 5. The molecule has 2 heterocycles. The molecule has 2 aromatic carbocycles. The van der Waals surface area contributed by atoms with Crippen molar-refractivity contribution in [2.24, 2.45) is 5.92 Å². The van der Waals surface area contributed by atoms with Gasteiger partial charge in [-0.15, -0.1) is 0 Å². The highest BCUT2D eigenvalue weighted by Crippen LogP contribution is 2.38. The van der Waals surface area contributed by atoms with E-state index in [-0.39, 0.29) is 42.4 Å². The smallest absolute Gasteiger partial charge is 0.338 e. The summed E-state index contributed by atoms with van der Waals surface area (Å²) in [5.41, 5.74) is -0.574. The Hall–Kier alpha value is -3.13. The fourth-order valence-corrected chi connectivity index (χ4v) is 4.70. The number of cyclic esters (lactones) is 1. The topological polar surface area (TPSA) is 185 Å². The van der Waals surface area contributed by atoms with Crippen LogP contribution in [0.25, 0.3) is 0 Å². The van der Waals surface area contributed by atoms with Gasteiger partial charge in [0.25, 0.3) is 0 Å². The van der Waals surface area contributed by atoms with E-state index in [0.29, 0.717) is 5.56 Å². The first-order valence-corrected chi connectivity index (χ1v) is 12.0. The van der Waals surface area contributed by atoms with Crippen LogP contribution in [0.5, 0.6) is 23.0 Å². The van der Waals surface area contributed by atoms with Crippen LogP contribution >= 0.6 is 0 Å². The molecule has 0 radical (unpaired) electrons. The van der Waals surface area contributed by atoms with Crippen LogP contribution in [0.3, 0.4) is 0 Å². The van der Waals surface area contributed by atoms with Gasteiger partial charge in [0.15, 0.2) is 28.6 Å². The Kier molecular flexibility index (Phi) is 8.31. The number of aliphatic hydroxyl groups excluding tert-OH is 4. The van der Waals surface area contributed by atoms with Crippen LogP contribution < -0.4 is 14.2 Å². The van der Waals surface area contributed by atoms with Crippen molar-refractivity contribution in [3.63, 3.8) is 0 Å². The number of phenols is 1. The Morgan fingerprint density at radius 1 is 0.947 bits per heavy atom. The van der Waals surface area contributed by atoms with Crippen molar-refractivity contribution in [2.75, 3.05) is 27.4 Å². The second kappa shape index (κ2) is 11.3. The monoisotopic (exact) mass is 536 g/mol. The summed E-state index contributed by atoms with van der Waals surface area (Å²) in [6.07, 6.45) is -7.10. The van der Waals surface area contributed by atoms with Gasteiger partial charge in [-0.2, -0.15) is 0 Å². The van der Waals surface area contributed by atoms with Crippen molar-refractivity contribution in [3.05, 3.63) is 47.5 Å². The van der Waals surface area contributed by atoms with Gasteiger partial charge < -0.3 is 54.3 Å². The van der Waals surface area contributed by atoms with Gasteiger partial charge in [0, 0.05) is 12.3 Å². The number of methoxy groups -OCH3 is 2. The molecular weight excluding hydrogens is 504 g/mol. The Morgan fingerprint density at radius 3 is 2.32 bits per heavy atom.